The van der Waals surface area contributed by atoms with Gasteiger partial charge < -0.3 is 5.73 Å². The molecule has 0 unspecified atom stereocenters. The molecule has 3 rings (SSSR count). The fourth-order valence-corrected chi connectivity index (χ4v) is 2.86. The van der Waals surface area contributed by atoms with E-state index in [4.69, 9.17) is 10.8 Å². The summed E-state index contributed by atoms with van der Waals surface area (Å²) in [5.41, 5.74) is 9.87. The minimum atomic E-state index is 0.286. The van der Waals surface area contributed by atoms with Crippen molar-refractivity contribution in [3.8, 4) is 5.69 Å². The number of H-pyrrole nitrogens is 1. The summed E-state index contributed by atoms with van der Waals surface area (Å²) >= 11 is 3.48. The van der Waals surface area contributed by atoms with Gasteiger partial charge in [-0.05, 0) is 36.6 Å². The van der Waals surface area contributed by atoms with Gasteiger partial charge >= 0.3 is 0 Å². The molecule has 2 aromatic heterocycles. The van der Waals surface area contributed by atoms with Crippen LogP contribution in [0.15, 0.2) is 22.7 Å². The first-order valence-corrected chi connectivity index (χ1v) is 7.27. The second kappa shape index (κ2) is 4.63. The first-order valence-electron chi connectivity index (χ1n) is 6.48. The summed E-state index contributed by atoms with van der Waals surface area (Å²) in [7, 11) is 0. The van der Waals surface area contributed by atoms with Crippen molar-refractivity contribution in [3.05, 3.63) is 33.9 Å². The quantitative estimate of drug-likeness (QED) is 0.753. The molecule has 0 saturated heterocycles. The van der Waals surface area contributed by atoms with Gasteiger partial charge in [0.15, 0.2) is 5.65 Å². The topological polar surface area (TPSA) is 72.5 Å². The van der Waals surface area contributed by atoms with E-state index in [0.717, 1.165) is 32.5 Å². The van der Waals surface area contributed by atoms with E-state index < -0.39 is 0 Å². The van der Waals surface area contributed by atoms with Crippen molar-refractivity contribution in [3.63, 3.8) is 0 Å². The van der Waals surface area contributed by atoms with Crippen molar-refractivity contribution in [1.82, 2.24) is 20.0 Å². The Hall–Kier alpha value is -1.82. The highest BCUT2D eigenvalue weighted by molar-refractivity contribution is 9.10. The summed E-state index contributed by atoms with van der Waals surface area (Å²) in [4.78, 5) is 0. The lowest BCUT2D eigenvalue weighted by molar-refractivity contribution is 0.770. The molecule has 2 heterocycles. The van der Waals surface area contributed by atoms with Crippen LogP contribution in [0.3, 0.4) is 0 Å². The molecular formula is C14H16BrN5. The van der Waals surface area contributed by atoms with Gasteiger partial charge in [-0.3, -0.25) is 5.10 Å². The SMILES string of the molecule is Cc1cc(Br)ccc1-n1nc(C(C)C)c2c(N)[nH]nc21. The van der Waals surface area contributed by atoms with Crippen LogP contribution in [0, 0.1) is 6.92 Å². The minimum absolute atomic E-state index is 0.286. The van der Waals surface area contributed by atoms with Crippen LogP contribution in [0.1, 0.15) is 31.0 Å². The molecule has 0 amide bonds. The van der Waals surface area contributed by atoms with Gasteiger partial charge in [0.05, 0.1) is 16.8 Å². The maximum absolute atomic E-state index is 5.99. The average molecular weight is 334 g/mol. The number of benzene rings is 1. The third kappa shape index (κ3) is 1.91. The molecule has 6 heteroatoms. The van der Waals surface area contributed by atoms with E-state index in [-0.39, 0.29) is 5.92 Å². The molecule has 3 N–H and O–H groups in total. The van der Waals surface area contributed by atoms with Crippen molar-refractivity contribution in [2.45, 2.75) is 26.7 Å². The molecular weight excluding hydrogens is 318 g/mol. The molecule has 0 aliphatic rings. The Balaban J connectivity index is 2.31. The standard InChI is InChI=1S/C14H16BrN5/c1-7(2)12-11-13(16)17-18-14(11)20(19-12)10-5-4-9(15)6-8(10)3/h4-7H,1-3H3,(H3,16,17,18). The Labute approximate surface area is 125 Å². The fraction of sp³-hybridized carbons (Fsp3) is 0.286. The minimum Gasteiger partial charge on any atom is -0.383 e. The number of nitrogens with two attached hydrogens (primary N) is 1. The second-order valence-electron chi connectivity index (χ2n) is 5.22. The van der Waals surface area contributed by atoms with E-state index >= 15 is 0 Å². The Morgan fingerprint density at radius 1 is 1.35 bits per heavy atom. The third-order valence-corrected chi connectivity index (χ3v) is 3.87. The number of fused-ring (bicyclic) bond motifs is 1. The Kier molecular flexibility index (Phi) is 3.05. The maximum Gasteiger partial charge on any atom is 0.186 e. The van der Waals surface area contributed by atoms with Crippen LogP contribution >= 0.6 is 15.9 Å². The largest absolute Gasteiger partial charge is 0.383 e. The zero-order chi connectivity index (χ0) is 14.4. The number of anilines is 1. The van der Waals surface area contributed by atoms with Crippen LogP contribution in [0.25, 0.3) is 16.7 Å². The lowest BCUT2D eigenvalue weighted by atomic mass is 10.1. The van der Waals surface area contributed by atoms with E-state index in [9.17, 15) is 0 Å². The summed E-state index contributed by atoms with van der Waals surface area (Å²) in [6.07, 6.45) is 0. The van der Waals surface area contributed by atoms with Gasteiger partial charge in [-0.25, -0.2) is 4.68 Å². The van der Waals surface area contributed by atoms with Gasteiger partial charge in [-0.15, -0.1) is 0 Å². The molecule has 0 radical (unpaired) electrons. The summed E-state index contributed by atoms with van der Waals surface area (Å²) < 4.78 is 2.91. The predicted molar refractivity (Wildman–Crippen MR) is 84.2 cm³/mol. The number of nitrogen functional groups attached to an aromatic ring is 1. The summed E-state index contributed by atoms with van der Waals surface area (Å²) in [5, 5.41) is 12.8. The van der Waals surface area contributed by atoms with Crippen molar-refractivity contribution in [1.29, 1.82) is 0 Å². The highest BCUT2D eigenvalue weighted by atomic mass is 79.9. The van der Waals surface area contributed by atoms with Crippen molar-refractivity contribution < 1.29 is 0 Å². The van der Waals surface area contributed by atoms with Crippen LogP contribution in [0.2, 0.25) is 0 Å². The number of nitrogens with zero attached hydrogens (tertiary/aromatic N) is 3. The Morgan fingerprint density at radius 3 is 2.75 bits per heavy atom. The second-order valence-corrected chi connectivity index (χ2v) is 6.13. The lowest BCUT2D eigenvalue weighted by Crippen LogP contribution is -2.01. The highest BCUT2D eigenvalue weighted by Crippen LogP contribution is 2.30. The van der Waals surface area contributed by atoms with E-state index in [1.165, 1.54) is 0 Å². The summed E-state index contributed by atoms with van der Waals surface area (Å²) in [6.45, 7) is 6.26. The monoisotopic (exact) mass is 333 g/mol. The van der Waals surface area contributed by atoms with E-state index in [2.05, 4.69) is 53.0 Å². The van der Waals surface area contributed by atoms with Gasteiger partial charge in [-0.2, -0.15) is 10.2 Å². The number of aromatic nitrogens is 4. The molecule has 0 aliphatic heterocycles. The highest BCUT2D eigenvalue weighted by Gasteiger charge is 2.20. The number of hydrogen-bond donors (Lipinski definition) is 2. The smallest absolute Gasteiger partial charge is 0.186 e. The molecule has 0 saturated carbocycles. The summed E-state index contributed by atoms with van der Waals surface area (Å²) in [6, 6.07) is 6.09. The fourth-order valence-electron chi connectivity index (χ4n) is 2.38. The predicted octanol–water partition coefficient (Wildman–Crippen LogP) is 3.53. The van der Waals surface area contributed by atoms with Gasteiger partial charge in [0.2, 0.25) is 0 Å². The normalized spacial score (nSPS) is 11.7. The van der Waals surface area contributed by atoms with E-state index in [1.54, 1.807) is 0 Å². The van der Waals surface area contributed by atoms with E-state index in [0.29, 0.717) is 5.82 Å². The van der Waals surface area contributed by atoms with Crippen molar-refractivity contribution >= 4 is 32.8 Å². The molecule has 0 atom stereocenters. The Bertz CT molecular complexity index is 784. The van der Waals surface area contributed by atoms with Crippen LogP contribution in [-0.4, -0.2) is 20.0 Å². The first-order chi connectivity index (χ1) is 9.49. The summed E-state index contributed by atoms with van der Waals surface area (Å²) in [5.74, 6) is 0.860. The third-order valence-electron chi connectivity index (χ3n) is 3.37. The van der Waals surface area contributed by atoms with Crippen LogP contribution in [-0.2, 0) is 0 Å². The van der Waals surface area contributed by atoms with E-state index in [1.807, 2.05) is 16.8 Å². The van der Waals surface area contributed by atoms with Crippen LogP contribution in [0.4, 0.5) is 5.82 Å². The van der Waals surface area contributed by atoms with Gasteiger partial charge in [-0.1, -0.05) is 29.8 Å². The number of aromatic amines is 1. The molecule has 0 aliphatic carbocycles. The maximum atomic E-state index is 5.99. The van der Waals surface area contributed by atoms with Crippen molar-refractivity contribution in [2.75, 3.05) is 5.73 Å². The van der Waals surface area contributed by atoms with Gasteiger partial charge in [0.25, 0.3) is 0 Å². The molecule has 20 heavy (non-hydrogen) atoms. The lowest BCUT2D eigenvalue weighted by Gasteiger charge is -2.07. The molecule has 3 aromatic rings. The number of hydrogen-bond acceptors (Lipinski definition) is 3. The van der Waals surface area contributed by atoms with Crippen LogP contribution in [0.5, 0.6) is 0 Å². The zero-order valence-corrected chi connectivity index (χ0v) is 13.2. The number of aryl methyl sites for hydroxylation is 1. The number of rotatable bonds is 2. The van der Waals surface area contributed by atoms with Crippen LogP contribution < -0.4 is 5.73 Å². The molecule has 5 nitrogen and oxygen atoms in total. The average Bonchev–Trinajstić information content (AvgIpc) is 2.91. The zero-order valence-electron chi connectivity index (χ0n) is 11.6. The Morgan fingerprint density at radius 2 is 2.10 bits per heavy atom. The van der Waals surface area contributed by atoms with Gasteiger partial charge in [0.1, 0.15) is 5.82 Å². The molecule has 0 bridgehead atoms. The number of nitrogens with one attached hydrogen (secondary N) is 1. The molecule has 0 fully saturated rings. The molecule has 0 spiro atoms. The first kappa shape index (κ1) is 13.2. The molecule has 1 aromatic carbocycles. The van der Waals surface area contributed by atoms with Crippen molar-refractivity contribution in [2.24, 2.45) is 0 Å². The number of halogens is 1. The molecule has 104 valence electrons. The van der Waals surface area contributed by atoms with Gasteiger partial charge in [0, 0.05) is 4.47 Å².